The van der Waals surface area contributed by atoms with Crippen LogP contribution in [0.3, 0.4) is 0 Å². The Hall–Kier alpha value is -1.15. The second-order valence-corrected chi connectivity index (χ2v) is 6.10. The van der Waals surface area contributed by atoms with E-state index in [1.54, 1.807) is 0 Å². The van der Waals surface area contributed by atoms with Gasteiger partial charge >= 0.3 is 0 Å². The molecule has 2 rings (SSSR count). The highest BCUT2D eigenvalue weighted by Crippen LogP contribution is 2.37. The number of nitrogens with two attached hydrogens (primary N) is 1. The minimum absolute atomic E-state index is 0.267. The zero-order valence-corrected chi connectivity index (χ0v) is 12.2. The number of hydrogen-bond acceptors (Lipinski definition) is 2. The lowest BCUT2D eigenvalue weighted by molar-refractivity contribution is 0.0774. The molecule has 0 unspecified atom stereocenters. The number of ketones is 1. The lowest BCUT2D eigenvalue weighted by Crippen LogP contribution is -2.38. The fourth-order valence-electron chi connectivity index (χ4n) is 3.34. The van der Waals surface area contributed by atoms with Gasteiger partial charge in [-0.15, -0.1) is 0 Å². The predicted molar refractivity (Wildman–Crippen MR) is 79.4 cm³/mol. The molecule has 1 saturated carbocycles. The van der Waals surface area contributed by atoms with Crippen LogP contribution in [0.15, 0.2) is 18.2 Å². The summed E-state index contributed by atoms with van der Waals surface area (Å²) in [5, 5.41) is 0. The van der Waals surface area contributed by atoms with Gasteiger partial charge in [0.15, 0.2) is 5.78 Å². The van der Waals surface area contributed by atoms with E-state index in [0.717, 1.165) is 42.4 Å². The summed E-state index contributed by atoms with van der Waals surface area (Å²) in [6.45, 7) is 4.58. The van der Waals surface area contributed by atoms with Crippen molar-refractivity contribution in [2.45, 2.75) is 52.4 Å². The van der Waals surface area contributed by atoms with Crippen LogP contribution in [0.2, 0.25) is 0 Å². The molecule has 0 amide bonds. The van der Waals surface area contributed by atoms with E-state index in [9.17, 15) is 4.79 Å². The summed E-state index contributed by atoms with van der Waals surface area (Å²) in [5.41, 5.74) is 8.86. The molecule has 2 nitrogen and oxygen atoms in total. The topological polar surface area (TPSA) is 43.1 Å². The van der Waals surface area contributed by atoms with E-state index in [0.29, 0.717) is 6.54 Å². The number of carbonyl (C=O) groups excluding carboxylic acids is 1. The molecule has 104 valence electrons. The van der Waals surface area contributed by atoms with Crippen LogP contribution in [0.5, 0.6) is 0 Å². The Bertz CT molecular complexity index is 436. The van der Waals surface area contributed by atoms with Crippen LogP contribution in [-0.2, 0) is 0 Å². The Morgan fingerprint density at radius 1 is 1.05 bits per heavy atom. The van der Waals surface area contributed by atoms with Crippen LogP contribution in [0.1, 0.15) is 60.0 Å². The highest BCUT2D eigenvalue weighted by Gasteiger charge is 2.37. The quantitative estimate of drug-likeness (QED) is 0.663. The van der Waals surface area contributed by atoms with Gasteiger partial charge in [0, 0.05) is 17.5 Å². The van der Waals surface area contributed by atoms with Gasteiger partial charge in [0.05, 0.1) is 0 Å². The molecule has 1 aromatic carbocycles. The van der Waals surface area contributed by atoms with E-state index < -0.39 is 0 Å². The Labute approximate surface area is 116 Å². The molecule has 1 aromatic rings. The normalized spacial score (nSPS) is 18.9. The summed E-state index contributed by atoms with van der Waals surface area (Å²) < 4.78 is 0. The molecular formula is C17H25NO. The van der Waals surface area contributed by atoms with Crippen LogP contribution in [0, 0.1) is 19.3 Å². The largest absolute Gasteiger partial charge is 0.329 e. The fraction of sp³-hybridized carbons (Fsp3) is 0.588. The van der Waals surface area contributed by atoms with Gasteiger partial charge in [-0.05, 0) is 38.8 Å². The third-order valence-corrected chi connectivity index (χ3v) is 4.42. The molecule has 0 aliphatic heterocycles. The molecule has 1 aliphatic carbocycles. The van der Waals surface area contributed by atoms with Crippen LogP contribution in [-0.4, -0.2) is 12.3 Å². The standard InChI is InChI=1S/C17H25NO/c1-13-9-14(2)11-15(10-13)16(19)17(12-18)7-5-3-4-6-8-17/h9-11H,3-8,12,18H2,1-2H3. The van der Waals surface area contributed by atoms with E-state index >= 15 is 0 Å². The molecule has 0 bridgehead atoms. The second-order valence-electron chi connectivity index (χ2n) is 6.10. The van der Waals surface area contributed by atoms with Crippen molar-refractivity contribution in [3.63, 3.8) is 0 Å². The summed E-state index contributed by atoms with van der Waals surface area (Å²) in [5.74, 6) is 0.267. The molecule has 0 atom stereocenters. The first-order chi connectivity index (χ1) is 9.07. The highest BCUT2D eigenvalue weighted by atomic mass is 16.1. The number of benzene rings is 1. The Morgan fingerprint density at radius 3 is 2.05 bits per heavy atom. The van der Waals surface area contributed by atoms with E-state index in [-0.39, 0.29) is 11.2 Å². The van der Waals surface area contributed by atoms with Gasteiger partial charge in [-0.1, -0.05) is 42.9 Å². The van der Waals surface area contributed by atoms with Gasteiger partial charge < -0.3 is 5.73 Å². The molecule has 0 saturated heterocycles. The molecule has 1 aliphatic rings. The highest BCUT2D eigenvalue weighted by molar-refractivity contribution is 6.01. The van der Waals surface area contributed by atoms with Gasteiger partial charge in [0.2, 0.25) is 0 Å². The SMILES string of the molecule is Cc1cc(C)cc(C(=O)C2(CN)CCCCCC2)c1. The summed E-state index contributed by atoms with van der Waals surface area (Å²) >= 11 is 0. The summed E-state index contributed by atoms with van der Waals surface area (Å²) in [7, 11) is 0. The molecular weight excluding hydrogens is 234 g/mol. The van der Waals surface area contributed by atoms with Crippen molar-refractivity contribution in [1.29, 1.82) is 0 Å². The minimum Gasteiger partial charge on any atom is -0.329 e. The maximum atomic E-state index is 12.9. The lowest BCUT2D eigenvalue weighted by Gasteiger charge is -2.30. The molecule has 0 aromatic heterocycles. The second kappa shape index (κ2) is 5.87. The molecule has 0 spiro atoms. The van der Waals surface area contributed by atoms with Crippen molar-refractivity contribution in [1.82, 2.24) is 0 Å². The van der Waals surface area contributed by atoms with Crippen LogP contribution >= 0.6 is 0 Å². The zero-order chi connectivity index (χ0) is 13.9. The van der Waals surface area contributed by atoms with Gasteiger partial charge in [-0.25, -0.2) is 0 Å². The van der Waals surface area contributed by atoms with Crippen LogP contribution in [0.4, 0.5) is 0 Å². The first-order valence-corrected chi connectivity index (χ1v) is 7.41. The molecule has 2 heteroatoms. The summed E-state index contributed by atoms with van der Waals surface area (Å²) in [4.78, 5) is 12.9. The van der Waals surface area contributed by atoms with Gasteiger partial charge in [0.1, 0.15) is 0 Å². The number of Topliss-reactive ketones (excluding diaryl/α,β-unsaturated/α-hetero) is 1. The zero-order valence-electron chi connectivity index (χ0n) is 12.2. The minimum atomic E-state index is -0.309. The number of carbonyl (C=O) groups is 1. The van der Waals surface area contributed by atoms with Gasteiger partial charge in [-0.3, -0.25) is 4.79 Å². The average molecular weight is 259 g/mol. The first-order valence-electron chi connectivity index (χ1n) is 7.41. The van der Waals surface area contributed by atoms with Crippen molar-refractivity contribution in [2.24, 2.45) is 11.1 Å². The maximum Gasteiger partial charge on any atom is 0.170 e. The van der Waals surface area contributed by atoms with Crippen LogP contribution < -0.4 is 5.73 Å². The molecule has 0 heterocycles. The first kappa shape index (κ1) is 14.3. The van der Waals surface area contributed by atoms with Gasteiger partial charge in [0.25, 0.3) is 0 Å². The predicted octanol–water partition coefficient (Wildman–Crippen LogP) is 3.79. The Kier molecular flexibility index (Phi) is 4.41. The molecule has 1 fully saturated rings. The van der Waals surface area contributed by atoms with Crippen molar-refractivity contribution >= 4 is 5.78 Å². The van der Waals surface area contributed by atoms with E-state index in [4.69, 9.17) is 5.73 Å². The monoisotopic (exact) mass is 259 g/mol. The third kappa shape index (κ3) is 3.06. The Balaban J connectivity index is 2.33. The third-order valence-electron chi connectivity index (χ3n) is 4.42. The van der Waals surface area contributed by atoms with Crippen molar-refractivity contribution in [3.8, 4) is 0 Å². The Morgan fingerprint density at radius 2 is 1.58 bits per heavy atom. The molecule has 19 heavy (non-hydrogen) atoms. The molecule has 2 N–H and O–H groups in total. The van der Waals surface area contributed by atoms with E-state index in [1.807, 2.05) is 26.0 Å². The summed E-state index contributed by atoms with van der Waals surface area (Å²) in [6.07, 6.45) is 6.65. The van der Waals surface area contributed by atoms with E-state index in [2.05, 4.69) is 6.07 Å². The summed E-state index contributed by atoms with van der Waals surface area (Å²) in [6, 6.07) is 6.13. The fourth-order valence-corrected chi connectivity index (χ4v) is 3.34. The average Bonchev–Trinajstić information content (AvgIpc) is 2.63. The van der Waals surface area contributed by atoms with Crippen LogP contribution in [0.25, 0.3) is 0 Å². The molecule has 0 radical (unpaired) electrons. The number of aryl methyl sites for hydroxylation is 2. The maximum absolute atomic E-state index is 12.9. The van der Waals surface area contributed by atoms with Crippen molar-refractivity contribution in [2.75, 3.05) is 6.54 Å². The number of rotatable bonds is 3. The van der Waals surface area contributed by atoms with Crippen molar-refractivity contribution < 1.29 is 4.79 Å². The van der Waals surface area contributed by atoms with E-state index in [1.165, 1.54) is 12.8 Å². The van der Waals surface area contributed by atoms with Crippen molar-refractivity contribution in [3.05, 3.63) is 34.9 Å². The van der Waals surface area contributed by atoms with Gasteiger partial charge in [-0.2, -0.15) is 0 Å². The number of hydrogen-bond donors (Lipinski definition) is 1. The smallest absolute Gasteiger partial charge is 0.170 e. The lowest BCUT2D eigenvalue weighted by atomic mass is 9.74.